The van der Waals surface area contributed by atoms with Crippen LogP contribution in [-0.4, -0.2) is 44.0 Å². The first-order chi connectivity index (χ1) is 14.9. The number of hydrogen-bond acceptors (Lipinski definition) is 3. The number of anilines is 2. The molecule has 3 aromatic rings. The van der Waals surface area contributed by atoms with Gasteiger partial charge in [0.15, 0.2) is 0 Å². The first-order valence-corrected chi connectivity index (χ1v) is 10.7. The van der Waals surface area contributed by atoms with E-state index in [0.717, 1.165) is 43.0 Å². The van der Waals surface area contributed by atoms with Crippen molar-refractivity contribution in [2.24, 2.45) is 0 Å². The number of halogens is 2. The molecule has 1 saturated heterocycles. The van der Waals surface area contributed by atoms with Crippen LogP contribution < -0.4 is 10.2 Å². The highest BCUT2D eigenvalue weighted by Crippen LogP contribution is 2.33. The zero-order chi connectivity index (χ0) is 22.0. The molecule has 0 atom stereocenters. The van der Waals surface area contributed by atoms with Gasteiger partial charge in [0.25, 0.3) is 5.91 Å². The highest BCUT2D eigenvalue weighted by atomic mass is 35.5. The number of hydrogen-bond donors (Lipinski definition) is 1. The van der Waals surface area contributed by atoms with Crippen LogP contribution in [0.1, 0.15) is 15.9 Å². The molecule has 0 aliphatic carbocycles. The summed E-state index contributed by atoms with van der Waals surface area (Å²) in [6.45, 7) is 5.23. The molecule has 1 amide bonds. The second-order valence-corrected chi connectivity index (χ2v) is 8.25. The molecule has 0 unspecified atom stereocenters. The van der Waals surface area contributed by atoms with Gasteiger partial charge in [0.05, 0.1) is 22.0 Å². The molecule has 1 aliphatic rings. The largest absolute Gasteiger partial charge is 0.367 e. The Morgan fingerprint density at radius 2 is 1.68 bits per heavy atom. The lowest BCUT2D eigenvalue weighted by Crippen LogP contribution is -2.44. The van der Waals surface area contributed by atoms with Crippen LogP contribution in [0.5, 0.6) is 0 Å². The normalized spacial score (nSPS) is 14.5. The van der Waals surface area contributed by atoms with E-state index in [9.17, 15) is 9.18 Å². The number of likely N-dealkylation sites (N-methyl/N-ethyl adjacent to an activating group) is 1. The van der Waals surface area contributed by atoms with Gasteiger partial charge in [-0.1, -0.05) is 48.0 Å². The maximum absolute atomic E-state index is 13.8. The quantitative estimate of drug-likeness (QED) is 0.588. The van der Waals surface area contributed by atoms with E-state index in [4.69, 9.17) is 11.6 Å². The summed E-state index contributed by atoms with van der Waals surface area (Å²) in [6, 6.07) is 18.9. The predicted octanol–water partition coefficient (Wildman–Crippen LogP) is 5.46. The molecule has 6 heteroatoms. The number of carbonyl (C=O) groups is 1. The maximum Gasteiger partial charge on any atom is 0.257 e. The average molecular weight is 438 g/mol. The van der Waals surface area contributed by atoms with Crippen molar-refractivity contribution in [3.8, 4) is 11.1 Å². The van der Waals surface area contributed by atoms with Crippen molar-refractivity contribution in [3.05, 3.63) is 82.6 Å². The standard InChI is InChI=1S/C25H25ClFN3O/c1-17-21(27)10-9-20(24(17)26)25(31)28-22-16-19(18-6-4-3-5-7-18)8-11-23(22)30-14-12-29(2)13-15-30/h3-11,16H,12-15H2,1-2H3,(H,28,31). The van der Waals surface area contributed by atoms with Crippen molar-refractivity contribution in [2.75, 3.05) is 43.4 Å². The van der Waals surface area contributed by atoms with E-state index in [-0.39, 0.29) is 22.1 Å². The summed E-state index contributed by atoms with van der Waals surface area (Å²) in [6.07, 6.45) is 0. The zero-order valence-corrected chi connectivity index (χ0v) is 18.4. The second-order valence-electron chi connectivity index (χ2n) is 7.88. The molecular formula is C25H25ClFN3O. The third kappa shape index (κ3) is 4.58. The highest BCUT2D eigenvalue weighted by Gasteiger charge is 2.21. The lowest BCUT2D eigenvalue weighted by molar-refractivity contribution is 0.102. The van der Waals surface area contributed by atoms with E-state index >= 15 is 0 Å². The number of rotatable bonds is 4. The van der Waals surface area contributed by atoms with E-state index in [1.165, 1.54) is 12.1 Å². The summed E-state index contributed by atoms with van der Waals surface area (Å²) in [5, 5.41) is 3.17. The Labute approximate surface area is 187 Å². The van der Waals surface area contributed by atoms with E-state index < -0.39 is 5.82 Å². The fourth-order valence-electron chi connectivity index (χ4n) is 3.80. The third-order valence-corrected chi connectivity index (χ3v) is 6.25. The van der Waals surface area contributed by atoms with Gasteiger partial charge in [-0.15, -0.1) is 0 Å². The monoisotopic (exact) mass is 437 g/mol. The fraction of sp³-hybridized carbons (Fsp3) is 0.240. The van der Waals surface area contributed by atoms with Gasteiger partial charge in [0.2, 0.25) is 0 Å². The molecule has 3 aromatic carbocycles. The van der Waals surface area contributed by atoms with Crippen molar-refractivity contribution in [2.45, 2.75) is 6.92 Å². The van der Waals surface area contributed by atoms with E-state index in [0.29, 0.717) is 5.69 Å². The molecule has 1 N–H and O–H groups in total. The van der Waals surface area contributed by atoms with Gasteiger partial charge in [-0.05, 0) is 49.4 Å². The molecule has 1 fully saturated rings. The number of nitrogens with one attached hydrogen (secondary N) is 1. The molecule has 4 nitrogen and oxygen atoms in total. The topological polar surface area (TPSA) is 35.6 Å². The van der Waals surface area contributed by atoms with Crippen LogP contribution in [0.15, 0.2) is 60.7 Å². The van der Waals surface area contributed by atoms with E-state index in [1.54, 1.807) is 6.92 Å². The molecule has 31 heavy (non-hydrogen) atoms. The van der Waals surface area contributed by atoms with Crippen LogP contribution in [0.3, 0.4) is 0 Å². The van der Waals surface area contributed by atoms with Crippen molar-refractivity contribution in [3.63, 3.8) is 0 Å². The minimum absolute atomic E-state index is 0.137. The molecule has 0 aromatic heterocycles. The van der Waals surface area contributed by atoms with Crippen LogP contribution in [0, 0.1) is 12.7 Å². The predicted molar refractivity (Wildman–Crippen MR) is 126 cm³/mol. The highest BCUT2D eigenvalue weighted by molar-refractivity contribution is 6.35. The van der Waals surface area contributed by atoms with Crippen LogP contribution >= 0.6 is 11.6 Å². The summed E-state index contributed by atoms with van der Waals surface area (Å²) in [4.78, 5) is 17.7. The van der Waals surface area contributed by atoms with Gasteiger partial charge in [-0.3, -0.25) is 4.79 Å². The second kappa shape index (κ2) is 9.08. The number of nitrogens with zero attached hydrogens (tertiary/aromatic N) is 2. The first kappa shape index (κ1) is 21.3. The Kier molecular flexibility index (Phi) is 6.25. The number of piperazine rings is 1. The molecule has 0 radical (unpaired) electrons. The molecule has 0 spiro atoms. The summed E-state index contributed by atoms with van der Waals surface area (Å²) >= 11 is 6.27. The summed E-state index contributed by atoms with van der Waals surface area (Å²) in [7, 11) is 2.11. The van der Waals surface area contributed by atoms with Gasteiger partial charge >= 0.3 is 0 Å². The SMILES string of the molecule is Cc1c(F)ccc(C(=O)Nc2cc(-c3ccccc3)ccc2N2CCN(C)CC2)c1Cl. The van der Waals surface area contributed by atoms with Crippen molar-refractivity contribution < 1.29 is 9.18 Å². The van der Waals surface area contributed by atoms with Crippen molar-refractivity contribution in [1.82, 2.24) is 4.90 Å². The van der Waals surface area contributed by atoms with Crippen LogP contribution in [0.25, 0.3) is 11.1 Å². The Hall–Kier alpha value is -2.89. The lowest BCUT2D eigenvalue weighted by atomic mass is 10.0. The Balaban J connectivity index is 1.71. The zero-order valence-electron chi connectivity index (χ0n) is 17.7. The van der Waals surface area contributed by atoms with Crippen molar-refractivity contribution in [1.29, 1.82) is 0 Å². The first-order valence-electron chi connectivity index (χ1n) is 10.3. The van der Waals surface area contributed by atoms with Gasteiger partial charge in [0, 0.05) is 31.7 Å². The Morgan fingerprint density at radius 1 is 0.968 bits per heavy atom. The van der Waals surface area contributed by atoms with Gasteiger partial charge in [0.1, 0.15) is 5.82 Å². The van der Waals surface area contributed by atoms with Crippen LogP contribution in [0.4, 0.5) is 15.8 Å². The molecule has 4 rings (SSSR count). The smallest absolute Gasteiger partial charge is 0.257 e. The summed E-state index contributed by atoms with van der Waals surface area (Å²) < 4.78 is 13.8. The molecule has 0 saturated carbocycles. The molecule has 0 bridgehead atoms. The summed E-state index contributed by atoms with van der Waals surface area (Å²) in [5.74, 6) is -0.778. The summed E-state index contributed by atoms with van der Waals surface area (Å²) in [5.41, 5.74) is 4.29. The lowest BCUT2D eigenvalue weighted by Gasteiger charge is -2.35. The Bertz CT molecular complexity index is 1100. The molecule has 1 heterocycles. The minimum Gasteiger partial charge on any atom is -0.367 e. The van der Waals surface area contributed by atoms with Crippen LogP contribution in [0.2, 0.25) is 5.02 Å². The number of benzene rings is 3. The van der Waals surface area contributed by atoms with Gasteiger partial charge in [-0.2, -0.15) is 0 Å². The molecular weight excluding hydrogens is 413 g/mol. The van der Waals surface area contributed by atoms with E-state index in [1.807, 2.05) is 36.4 Å². The Morgan fingerprint density at radius 3 is 2.39 bits per heavy atom. The third-order valence-electron chi connectivity index (χ3n) is 5.76. The molecule has 1 aliphatic heterocycles. The van der Waals surface area contributed by atoms with Gasteiger partial charge < -0.3 is 15.1 Å². The molecule has 160 valence electrons. The fourth-order valence-corrected chi connectivity index (χ4v) is 4.04. The number of amides is 1. The van der Waals surface area contributed by atoms with E-state index in [2.05, 4.69) is 34.3 Å². The number of carbonyl (C=O) groups excluding carboxylic acids is 1. The van der Waals surface area contributed by atoms with Gasteiger partial charge in [-0.25, -0.2) is 4.39 Å². The minimum atomic E-state index is -0.425. The van der Waals surface area contributed by atoms with Crippen LogP contribution in [-0.2, 0) is 0 Å². The average Bonchev–Trinajstić information content (AvgIpc) is 2.79. The van der Waals surface area contributed by atoms with Crippen molar-refractivity contribution >= 4 is 28.9 Å². The maximum atomic E-state index is 13.8.